The van der Waals surface area contributed by atoms with Crippen LogP contribution in [0.1, 0.15) is 51.9 Å². The van der Waals surface area contributed by atoms with Crippen LogP contribution in [0.5, 0.6) is 0 Å². The maximum atomic E-state index is 12.5. The van der Waals surface area contributed by atoms with Crippen LogP contribution in [0.15, 0.2) is 6.20 Å². The molecule has 1 N–H and O–H groups in total. The minimum atomic E-state index is -0.457. The summed E-state index contributed by atoms with van der Waals surface area (Å²) in [5.74, 6) is 1.40. The summed E-state index contributed by atoms with van der Waals surface area (Å²) in [5.41, 5.74) is -0.457. The lowest BCUT2D eigenvalue weighted by molar-refractivity contribution is 0.00619. The van der Waals surface area contributed by atoms with Crippen molar-refractivity contribution in [1.29, 1.82) is 0 Å². The molecule has 6 heteroatoms. The van der Waals surface area contributed by atoms with E-state index in [-0.39, 0.29) is 12.1 Å². The highest BCUT2D eigenvalue weighted by atomic mass is 127. The van der Waals surface area contributed by atoms with Crippen molar-refractivity contribution in [3.63, 3.8) is 0 Å². The number of ether oxygens (including phenoxy) is 1. The summed E-state index contributed by atoms with van der Waals surface area (Å²) >= 11 is 2.21. The zero-order valence-corrected chi connectivity index (χ0v) is 14.2. The van der Waals surface area contributed by atoms with E-state index >= 15 is 0 Å². The second-order valence-electron chi connectivity index (χ2n) is 6.68. The second kappa shape index (κ2) is 4.89. The molecule has 110 valence electrons. The van der Waals surface area contributed by atoms with E-state index in [0.717, 1.165) is 22.4 Å². The molecule has 2 unspecified atom stereocenters. The Morgan fingerprint density at radius 3 is 2.85 bits per heavy atom. The van der Waals surface area contributed by atoms with Crippen LogP contribution in [0.2, 0.25) is 0 Å². The lowest BCUT2D eigenvalue weighted by atomic mass is 9.98. The standard InChI is InChI=1S/C14H20IN3O2/c1-14(2,3)20-13(19)18-9-5-4-8(6-9)11(18)12-16-7-10(15)17-12/h7-9,11H,4-6H2,1-3H3,(H,16,17)/t8?,9?,11-/m0/s1. The van der Waals surface area contributed by atoms with Gasteiger partial charge in [-0.05, 0) is 68.5 Å². The van der Waals surface area contributed by atoms with Crippen LogP contribution in [0.4, 0.5) is 4.79 Å². The van der Waals surface area contributed by atoms with Gasteiger partial charge in [-0.1, -0.05) is 0 Å². The molecule has 2 bridgehead atoms. The quantitative estimate of drug-likeness (QED) is 0.749. The van der Waals surface area contributed by atoms with Gasteiger partial charge in [0.15, 0.2) is 0 Å². The van der Waals surface area contributed by atoms with Crippen molar-refractivity contribution in [3.8, 4) is 0 Å². The van der Waals surface area contributed by atoms with E-state index in [2.05, 4.69) is 32.6 Å². The number of rotatable bonds is 1. The van der Waals surface area contributed by atoms with Crippen molar-refractivity contribution in [2.45, 2.75) is 57.7 Å². The second-order valence-corrected chi connectivity index (χ2v) is 7.84. The summed E-state index contributed by atoms with van der Waals surface area (Å²) < 4.78 is 6.58. The average molecular weight is 389 g/mol. The highest BCUT2D eigenvalue weighted by molar-refractivity contribution is 14.1. The smallest absolute Gasteiger partial charge is 0.411 e. The molecule has 1 aromatic rings. The zero-order valence-electron chi connectivity index (χ0n) is 12.0. The van der Waals surface area contributed by atoms with Crippen LogP contribution in [-0.2, 0) is 4.74 Å². The molecule has 3 rings (SSSR count). The van der Waals surface area contributed by atoms with Crippen molar-refractivity contribution >= 4 is 28.7 Å². The Morgan fingerprint density at radius 1 is 1.50 bits per heavy atom. The number of hydrogen-bond acceptors (Lipinski definition) is 3. The summed E-state index contributed by atoms with van der Waals surface area (Å²) in [7, 11) is 0. The molecule has 20 heavy (non-hydrogen) atoms. The number of halogens is 1. The molecule has 1 saturated heterocycles. The molecule has 1 aliphatic carbocycles. The Hall–Kier alpha value is -0.790. The predicted octanol–water partition coefficient (Wildman–Crippen LogP) is 3.47. The van der Waals surface area contributed by atoms with Gasteiger partial charge >= 0.3 is 6.09 Å². The number of imidazole rings is 1. The Kier molecular flexibility index (Phi) is 3.46. The first-order valence-corrected chi connectivity index (χ1v) is 8.15. The fraction of sp³-hybridized carbons (Fsp3) is 0.714. The molecule has 2 aliphatic rings. The lowest BCUT2D eigenvalue weighted by Crippen LogP contribution is -2.43. The van der Waals surface area contributed by atoms with E-state index in [4.69, 9.17) is 4.74 Å². The van der Waals surface area contributed by atoms with Crippen LogP contribution in [0.3, 0.4) is 0 Å². The fourth-order valence-electron chi connectivity index (χ4n) is 3.38. The number of hydrogen-bond donors (Lipinski definition) is 1. The topological polar surface area (TPSA) is 58.2 Å². The number of nitrogens with one attached hydrogen (secondary N) is 1. The van der Waals surface area contributed by atoms with Crippen molar-refractivity contribution in [2.24, 2.45) is 5.92 Å². The number of nitrogens with zero attached hydrogens (tertiary/aromatic N) is 2. The summed E-state index contributed by atoms with van der Waals surface area (Å²) in [4.78, 5) is 22.1. The van der Waals surface area contributed by atoms with Crippen LogP contribution < -0.4 is 0 Å². The number of fused-ring (bicyclic) bond motifs is 2. The fourth-order valence-corrected chi connectivity index (χ4v) is 3.80. The third kappa shape index (κ3) is 2.54. The Morgan fingerprint density at radius 2 is 2.25 bits per heavy atom. The van der Waals surface area contributed by atoms with Crippen molar-refractivity contribution in [2.75, 3.05) is 0 Å². The summed E-state index contributed by atoms with van der Waals surface area (Å²) in [6, 6.07) is 0.356. The normalized spacial score (nSPS) is 29.0. The molecule has 0 spiro atoms. The number of likely N-dealkylation sites (tertiary alicyclic amines) is 1. The number of aromatic nitrogens is 2. The van der Waals surface area contributed by atoms with Gasteiger partial charge in [-0.2, -0.15) is 0 Å². The molecular formula is C14H20IN3O2. The van der Waals surface area contributed by atoms with Crippen molar-refractivity contribution in [1.82, 2.24) is 14.9 Å². The van der Waals surface area contributed by atoms with E-state index in [9.17, 15) is 4.79 Å². The SMILES string of the molecule is CC(C)(C)OC(=O)N1C2CCC(C2)[C@H]1c1ncc(I)[nH]1. The van der Waals surface area contributed by atoms with Gasteiger partial charge in [0.25, 0.3) is 0 Å². The van der Waals surface area contributed by atoms with Crippen LogP contribution in [-0.4, -0.2) is 32.6 Å². The first-order chi connectivity index (χ1) is 9.35. The van der Waals surface area contributed by atoms with Gasteiger partial charge in [0, 0.05) is 6.04 Å². The molecule has 1 aliphatic heterocycles. The van der Waals surface area contributed by atoms with Crippen molar-refractivity contribution < 1.29 is 9.53 Å². The third-order valence-corrected chi connectivity index (χ3v) is 4.58. The number of amides is 1. The van der Waals surface area contributed by atoms with Gasteiger partial charge in [0.1, 0.15) is 11.4 Å². The molecule has 0 radical (unpaired) electrons. The molecule has 1 saturated carbocycles. The van der Waals surface area contributed by atoms with Crippen LogP contribution in [0.25, 0.3) is 0 Å². The number of aromatic amines is 1. The molecule has 0 aromatic carbocycles. The van der Waals surface area contributed by atoms with Crippen LogP contribution >= 0.6 is 22.6 Å². The van der Waals surface area contributed by atoms with Gasteiger partial charge in [-0.25, -0.2) is 9.78 Å². The van der Waals surface area contributed by atoms with E-state index < -0.39 is 5.60 Å². The minimum Gasteiger partial charge on any atom is -0.444 e. The van der Waals surface area contributed by atoms with Gasteiger partial charge < -0.3 is 9.72 Å². The van der Waals surface area contributed by atoms with E-state index in [1.54, 1.807) is 0 Å². The van der Waals surface area contributed by atoms with Gasteiger partial charge in [0.05, 0.1) is 15.9 Å². The zero-order chi connectivity index (χ0) is 14.5. The Bertz CT molecular complexity index is 523. The summed E-state index contributed by atoms with van der Waals surface area (Å²) in [6.07, 6.45) is 4.93. The maximum Gasteiger partial charge on any atom is 0.411 e. The number of carbonyl (C=O) groups is 1. The maximum absolute atomic E-state index is 12.5. The van der Waals surface area contributed by atoms with Crippen LogP contribution in [0, 0.1) is 9.62 Å². The van der Waals surface area contributed by atoms with E-state index in [0.29, 0.717) is 12.0 Å². The Balaban J connectivity index is 1.86. The average Bonchev–Trinajstić information content (AvgIpc) is 2.99. The number of piperidine rings is 1. The predicted molar refractivity (Wildman–Crippen MR) is 83.2 cm³/mol. The molecule has 2 heterocycles. The Labute approximate surface area is 132 Å². The van der Waals surface area contributed by atoms with E-state index in [1.807, 2.05) is 31.9 Å². The first kappa shape index (κ1) is 14.2. The van der Waals surface area contributed by atoms with Gasteiger partial charge in [-0.15, -0.1) is 0 Å². The summed E-state index contributed by atoms with van der Waals surface area (Å²) in [6.45, 7) is 5.72. The van der Waals surface area contributed by atoms with Gasteiger partial charge in [-0.3, -0.25) is 4.90 Å². The minimum absolute atomic E-state index is 0.0483. The largest absolute Gasteiger partial charge is 0.444 e. The molecule has 1 amide bonds. The number of H-pyrrole nitrogens is 1. The number of carbonyl (C=O) groups excluding carboxylic acids is 1. The molecule has 5 nitrogen and oxygen atoms in total. The molecule has 1 aromatic heterocycles. The monoisotopic (exact) mass is 389 g/mol. The van der Waals surface area contributed by atoms with Gasteiger partial charge in [0.2, 0.25) is 0 Å². The molecular weight excluding hydrogens is 369 g/mol. The molecule has 3 atom stereocenters. The van der Waals surface area contributed by atoms with Crippen molar-refractivity contribution in [3.05, 3.63) is 15.7 Å². The highest BCUT2D eigenvalue weighted by Crippen LogP contribution is 2.49. The lowest BCUT2D eigenvalue weighted by Gasteiger charge is -2.35. The summed E-state index contributed by atoms with van der Waals surface area (Å²) in [5, 5.41) is 0. The first-order valence-electron chi connectivity index (χ1n) is 7.07. The van der Waals surface area contributed by atoms with E-state index in [1.165, 1.54) is 6.42 Å². The third-order valence-electron chi connectivity index (χ3n) is 4.03. The highest BCUT2D eigenvalue weighted by Gasteiger charge is 2.51. The molecule has 2 fully saturated rings.